The molecule has 0 spiro atoms. The maximum absolute atomic E-state index is 12.9. The van der Waals surface area contributed by atoms with Gasteiger partial charge in [-0.25, -0.2) is 13.9 Å². The molecule has 0 aliphatic carbocycles. The predicted molar refractivity (Wildman–Crippen MR) is 104 cm³/mol. The van der Waals surface area contributed by atoms with Crippen molar-refractivity contribution in [3.63, 3.8) is 0 Å². The molecule has 0 aliphatic rings. The molecule has 0 atom stereocenters. The van der Waals surface area contributed by atoms with E-state index >= 15 is 0 Å². The molecule has 3 aromatic rings. The Morgan fingerprint density at radius 1 is 1.14 bits per heavy atom. The number of amides is 1. The van der Waals surface area contributed by atoms with Gasteiger partial charge in [-0.05, 0) is 48.9 Å². The van der Waals surface area contributed by atoms with Gasteiger partial charge in [-0.1, -0.05) is 24.3 Å². The molecule has 0 unspecified atom stereocenters. The molecule has 3 rings (SSSR count). The Hall–Kier alpha value is -3.74. The van der Waals surface area contributed by atoms with Crippen LogP contribution in [0.4, 0.5) is 10.1 Å². The SMILES string of the molecule is CCOC(=O)c1ccn(-c2ccccc2NC(=O)/C=C/c2ccc(F)cc2)n1. The van der Waals surface area contributed by atoms with Crippen LogP contribution in [-0.4, -0.2) is 28.3 Å². The summed E-state index contributed by atoms with van der Waals surface area (Å²) < 4.78 is 19.4. The first-order valence-corrected chi connectivity index (χ1v) is 8.63. The van der Waals surface area contributed by atoms with E-state index in [2.05, 4.69) is 10.4 Å². The highest BCUT2D eigenvalue weighted by Gasteiger charge is 2.13. The van der Waals surface area contributed by atoms with Gasteiger partial charge in [-0.2, -0.15) is 5.10 Å². The van der Waals surface area contributed by atoms with Crippen LogP contribution < -0.4 is 5.32 Å². The van der Waals surface area contributed by atoms with E-state index in [1.165, 1.54) is 22.9 Å². The van der Waals surface area contributed by atoms with E-state index < -0.39 is 5.97 Å². The van der Waals surface area contributed by atoms with Crippen molar-refractivity contribution in [3.8, 4) is 5.69 Å². The van der Waals surface area contributed by atoms with E-state index in [-0.39, 0.29) is 24.0 Å². The van der Waals surface area contributed by atoms with E-state index in [1.807, 2.05) is 0 Å². The van der Waals surface area contributed by atoms with Gasteiger partial charge in [0.05, 0.1) is 18.0 Å². The summed E-state index contributed by atoms with van der Waals surface area (Å²) in [5, 5.41) is 6.98. The van der Waals surface area contributed by atoms with Gasteiger partial charge < -0.3 is 10.1 Å². The summed E-state index contributed by atoms with van der Waals surface area (Å²) in [5.41, 5.74) is 2.01. The molecule has 0 bridgehead atoms. The summed E-state index contributed by atoms with van der Waals surface area (Å²) >= 11 is 0. The van der Waals surface area contributed by atoms with Crippen molar-refractivity contribution in [2.75, 3.05) is 11.9 Å². The van der Waals surface area contributed by atoms with Gasteiger partial charge >= 0.3 is 5.97 Å². The normalized spacial score (nSPS) is 10.8. The van der Waals surface area contributed by atoms with Crippen molar-refractivity contribution in [2.45, 2.75) is 6.92 Å². The van der Waals surface area contributed by atoms with E-state index in [1.54, 1.807) is 61.7 Å². The van der Waals surface area contributed by atoms with Gasteiger partial charge in [0.15, 0.2) is 5.69 Å². The summed E-state index contributed by atoms with van der Waals surface area (Å²) in [4.78, 5) is 24.1. The molecule has 0 radical (unpaired) electrons. The second kappa shape index (κ2) is 8.77. The van der Waals surface area contributed by atoms with Crippen molar-refractivity contribution >= 4 is 23.6 Å². The standard InChI is InChI=1S/C21H18FN3O3/c1-2-28-21(27)18-13-14-25(24-18)19-6-4-3-5-17(19)23-20(26)12-9-15-7-10-16(22)11-8-15/h3-14H,2H2,1H3,(H,23,26)/b12-9+. The summed E-state index contributed by atoms with van der Waals surface area (Å²) in [6.45, 7) is 1.98. The molecular weight excluding hydrogens is 361 g/mol. The van der Waals surface area contributed by atoms with Crippen molar-refractivity contribution in [1.29, 1.82) is 0 Å². The lowest BCUT2D eigenvalue weighted by Crippen LogP contribution is -2.11. The van der Waals surface area contributed by atoms with Crippen LogP contribution >= 0.6 is 0 Å². The molecule has 6 nitrogen and oxygen atoms in total. The average Bonchev–Trinajstić information content (AvgIpc) is 3.18. The molecule has 1 amide bonds. The number of halogens is 1. The van der Waals surface area contributed by atoms with E-state index in [0.717, 1.165) is 0 Å². The molecule has 1 N–H and O–H groups in total. The number of carbonyl (C=O) groups is 2. The predicted octanol–water partition coefficient (Wildman–Crippen LogP) is 3.84. The molecular formula is C21H18FN3O3. The second-order valence-electron chi connectivity index (χ2n) is 5.76. The highest BCUT2D eigenvalue weighted by atomic mass is 19.1. The van der Waals surface area contributed by atoms with Gasteiger partial charge in [0.25, 0.3) is 0 Å². The lowest BCUT2D eigenvalue weighted by Gasteiger charge is -2.09. The molecule has 2 aromatic carbocycles. The van der Waals surface area contributed by atoms with Crippen molar-refractivity contribution in [2.24, 2.45) is 0 Å². The fraction of sp³-hybridized carbons (Fsp3) is 0.0952. The van der Waals surface area contributed by atoms with Gasteiger partial charge in [0.2, 0.25) is 5.91 Å². The number of benzene rings is 2. The number of esters is 1. The summed E-state index contributed by atoms with van der Waals surface area (Å²) in [7, 11) is 0. The second-order valence-corrected chi connectivity index (χ2v) is 5.76. The molecule has 142 valence electrons. The number of aromatic nitrogens is 2. The Balaban J connectivity index is 1.76. The largest absolute Gasteiger partial charge is 0.461 e. The van der Waals surface area contributed by atoms with Crippen LogP contribution in [0.5, 0.6) is 0 Å². The molecule has 7 heteroatoms. The lowest BCUT2D eigenvalue weighted by molar-refractivity contribution is -0.111. The van der Waals surface area contributed by atoms with Gasteiger partial charge in [-0.15, -0.1) is 0 Å². The number of nitrogens with one attached hydrogen (secondary N) is 1. The third-order valence-corrected chi connectivity index (χ3v) is 3.78. The van der Waals surface area contributed by atoms with Crippen LogP contribution in [0, 0.1) is 5.82 Å². The van der Waals surface area contributed by atoms with Crippen LogP contribution in [0.2, 0.25) is 0 Å². The fourth-order valence-corrected chi connectivity index (χ4v) is 2.47. The smallest absolute Gasteiger partial charge is 0.358 e. The minimum Gasteiger partial charge on any atom is -0.461 e. The Labute approximate surface area is 161 Å². The minimum absolute atomic E-state index is 0.180. The highest BCUT2D eigenvalue weighted by molar-refractivity contribution is 6.03. The Bertz CT molecular complexity index is 1010. The lowest BCUT2D eigenvalue weighted by atomic mass is 10.2. The number of hydrogen-bond acceptors (Lipinski definition) is 4. The maximum atomic E-state index is 12.9. The van der Waals surface area contributed by atoms with E-state index in [0.29, 0.717) is 16.9 Å². The third-order valence-electron chi connectivity index (χ3n) is 3.78. The Morgan fingerprint density at radius 3 is 2.64 bits per heavy atom. The zero-order valence-corrected chi connectivity index (χ0v) is 15.1. The molecule has 28 heavy (non-hydrogen) atoms. The zero-order valence-electron chi connectivity index (χ0n) is 15.1. The van der Waals surface area contributed by atoms with Gasteiger partial charge in [-0.3, -0.25) is 4.79 Å². The number of carbonyl (C=O) groups excluding carboxylic acids is 2. The molecule has 0 saturated carbocycles. The average molecular weight is 379 g/mol. The van der Waals surface area contributed by atoms with Crippen LogP contribution in [0.3, 0.4) is 0 Å². The zero-order chi connectivity index (χ0) is 19.9. The number of rotatable bonds is 6. The highest BCUT2D eigenvalue weighted by Crippen LogP contribution is 2.20. The van der Waals surface area contributed by atoms with Crippen LogP contribution in [0.1, 0.15) is 23.0 Å². The number of anilines is 1. The minimum atomic E-state index is -0.509. The number of hydrogen-bond donors (Lipinski definition) is 1. The van der Waals surface area contributed by atoms with E-state index in [4.69, 9.17) is 4.74 Å². The molecule has 1 heterocycles. The summed E-state index contributed by atoms with van der Waals surface area (Å²) in [6, 6.07) is 14.4. The molecule has 0 saturated heterocycles. The van der Waals surface area contributed by atoms with Crippen LogP contribution in [-0.2, 0) is 9.53 Å². The van der Waals surface area contributed by atoms with Crippen molar-refractivity contribution in [3.05, 3.63) is 83.9 Å². The first kappa shape index (κ1) is 19.0. The Kier molecular flexibility index (Phi) is 5.96. The topological polar surface area (TPSA) is 73.2 Å². The van der Waals surface area contributed by atoms with Gasteiger partial charge in [0, 0.05) is 12.3 Å². The number of para-hydroxylation sites is 2. The maximum Gasteiger partial charge on any atom is 0.358 e. The monoisotopic (exact) mass is 379 g/mol. The first-order valence-electron chi connectivity index (χ1n) is 8.63. The van der Waals surface area contributed by atoms with Crippen LogP contribution in [0.25, 0.3) is 11.8 Å². The van der Waals surface area contributed by atoms with Crippen molar-refractivity contribution in [1.82, 2.24) is 9.78 Å². The Morgan fingerprint density at radius 2 is 1.89 bits per heavy atom. The summed E-state index contributed by atoms with van der Waals surface area (Å²) in [6.07, 6.45) is 4.56. The number of nitrogens with zero attached hydrogens (tertiary/aromatic N) is 2. The third kappa shape index (κ3) is 4.70. The number of ether oxygens (including phenoxy) is 1. The van der Waals surface area contributed by atoms with Crippen LogP contribution in [0.15, 0.2) is 66.9 Å². The van der Waals surface area contributed by atoms with E-state index in [9.17, 15) is 14.0 Å². The molecule has 0 fully saturated rings. The van der Waals surface area contributed by atoms with Gasteiger partial charge in [0.1, 0.15) is 5.82 Å². The molecule has 0 aliphatic heterocycles. The summed E-state index contributed by atoms with van der Waals surface area (Å²) in [5.74, 6) is -1.20. The first-order chi connectivity index (χ1) is 13.6. The molecule has 1 aromatic heterocycles. The van der Waals surface area contributed by atoms with Crippen molar-refractivity contribution < 1.29 is 18.7 Å². The quantitative estimate of drug-likeness (QED) is 0.522. The fourth-order valence-electron chi connectivity index (χ4n) is 2.47.